The van der Waals surface area contributed by atoms with Gasteiger partial charge in [0.25, 0.3) is 0 Å². The van der Waals surface area contributed by atoms with Crippen molar-refractivity contribution in [3.05, 3.63) is 59.9 Å². The molecule has 0 aliphatic carbocycles. The standard InChI is InChI=1S/C23H28N6OS/c1-17-15-20(28-13-11-27(3)12-14-28)9-10-21(17)24-22(30)16-31-23-26-25-18(2)29(23)19-7-5-4-6-8-19/h4-10,15H,11-14,16H2,1-3H3,(H,24,30). The summed E-state index contributed by atoms with van der Waals surface area (Å²) in [7, 11) is 2.16. The van der Waals surface area contributed by atoms with E-state index in [1.807, 2.05) is 54.8 Å². The van der Waals surface area contributed by atoms with Crippen LogP contribution in [0.2, 0.25) is 0 Å². The molecule has 162 valence electrons. The summed E-state index contributed by atoms with van der Waals surface area (Å²) in [6.45, 7) is 8.15. The van der Waals surface area contributed by atoms with Gasteiger partial charge in [0.1, 0.15) is 5.82 Å². The molecule has 0 bridgehead atoms. The fourth-order valence-corrected chi connectivity index (χ4v) is 4.47. The van der Waals surface area contributed by atoms with Crippen molar-refractivity contribution in [2.24, 2.45) is 0 Å². The van der Waals surface area contributed by atoms with Crippen molar-refractivity contribution in [1.82, 2.24) is 19.7 Å². The Morgan fingerprint density at radius 1 is 1.00 bits per heavy atom. The lowest BCUT2D eigenvalue weighted by atomic mass is 10.1. The van der Waals surface area contributed by atoms with Gasteiger partial charge in [0.15, 0.2) is 5.16 Å². The normalized spacial score (nSPS) is 14.6. The molecule has 31 heavy (non-hydrogen) atoms. The SMILES string of the molecule is Cc1cc(N2CCN(C)CC2)ccc1NC(=O)CSc1nnc(C)n1-c1ccccc1. The quantitative estimate of drug-likeness (QED) is 0.598. The maximum atomic E-state index is 12.6. The molecule has 0 radical (unpaired) electrons. The van der Waals surface area contributed by atoms with Crippen molar-refractivity contribution in [3.8, 4) is 5.69 Å². The topological polar surface area (TPSA) is 66.3 Å². The molecule has 2 heterocycles. The molecule has 1 aliphatic heterocycles. The summed E-state index contributed by atoms with van der Waals surface area (Å²) in [5.74, 6) is 1.01. The van der Waals surface area contributed by atoms with Gasteiger partial charge in [0.2, 0.25) is 5.91 Å². The van der Waals surface area contributed by atoms with E-state index in [0.717, 1.165) is 48.9 Å². The lowest BCUT2D eigenvalue weighted by Crippen LogP contribution is -2.44. The Labute approximate surface area is 187 Å². The Morgan fingerprint density at radius 3 is 2.45 bits per heavy atom. The summed E-state index contributed by atoms with van der Waals surface area (Å²) >= 11 is 1.39. The Kier molecular flexibility index (Phi) is 6.58. The Balaban J connectivity index is 1.38. The zero-order valence-electron chi connectivity index (χ0n) is 18.2. The van der Waals surface area contributed by atoms with Gasteiger partial charge < -0.3 is 15.1 Å². The number of aromatic nitrogens is 3. The van der Waals surface area contributed by atoms with Crippen molar-refractivity contribution in [1.29, 1.82) is 0 Å². The van der Waals surface area contributed by atoms with Crippen molar-refractivity contribution in [2.45, 2.75) is 19.0 Å². The number of benzene rings is 2. The smallest absolute Gasteiger partial charge is 0.234 e. The molecule has 1 aliphatic rings. The van der Waals surface area contributed by atoms with E-state index in [9.17, 15) is 4.79 Å². The lowest BCUT2D eigenvalue weighted by molar-refractivity contribution is -0.113. The van der Waals surface area contributed by atoms with E-state index in [0.29, 0.717) is 5.16 Å². The van der Waals surface area contributed by atoms with Crippen LogP contribution in [0.5, 0.6) is 0 Å². The second kappa shape index (κ2) is 9.53. The molecule has 0 atom stereocenters. The number of nitrogens with zero attached hydrogens (tertiary/aromatic N) is 5. The van der Waals surface area contributed by atoms with Crippen LogP contribution < -0.4 is 10.2 Å². The Bertz CT molecular complexity index is 1040. The first-order valence-electron chi connectivity index (χ1n) is 10.5. The molecule has 7 nitrogen and oxygen atoms in total. The van der Waals surface area contributed by atoms with Gasteiger partial charge in [-0.2, -0.15) is 0 Å². The molecule has 0 spiro atoms. The van der Waals surface area contributed by atoms with Crippen LogP contribution in [0.15, 0.2) is 53.7 Å². The number of anilines is 2. The van der Waals surface area contributed by atoms with Crippen molar-refractivity contribution < 1.29 is 4.79 Å². The van der Waals surface area contributed by atoms with Gasteiger partial charge in [-0.3, -0.25) is 9.36 Å². The van der Waals surface area contributed by atoms with Crippen molar-refractivity contribution >= 4 is 29.0 Å². The summed E-state index contributed by atoms with van der Waals surface area (Å²) < 4.78 is 1.97. The average Bonchev–Trinajstić information content (AvgIpc) is 3.15. The summed E-state index contributed by atoms with van der Waals surface area (Å²) in [6, 6.07) is 16.2. The van der Waals surface area contributed by atoms with E-state index in [-0.39, 0.29) is 11.7 Å². The molecular formula is C23H28N6OS. The molecular weight excluding hydrogens is 408 g/mol. The molecule has 0 saturated carbocycles. The molecule has 0 unspecified atom stereocenters. The zero-order chi connectivity index (χ0) is 21.8. The number of hydrogen-bond acceptors (Lipinski definition) is 6. The minimum atomic E-state index is -0.0549. The van der Waals surface area contributed by atoms with Crippen LogP contribution in [0.1, 0.15) is 11.4 Å². The number of hydrogen-bond donors (Lipinski definition) is 1. The maximum absolute atomic E-state index is 12.6. The molecule has 1 fully saturated rings. The molecule has 3 aromatic rings. The number of carbonyl (C=O) groups is 1. The van der Waals surface area contributed by atoms with Crippen LogP contribution in [-0.2, 0) is 4.79 Å². The minimum absolute atomic E-state index is 0.0549. The number of likely N-dealkylation sites (N-methyl/N-ethyl adjacent to an activating group) is 1. The highest BCUT2D eigenvalue weighted by molar-refractivity contribution is 7.99. The number of carbonyl (C=O) groups excluding carboxylic acids is 1. The number of thioether (sulfide) groups is 1. The fraction of sp³-hybridized carbons (Fsp3) is 0.348. The molecule has 1 amide bonds. The van der Waals surface area contributed by atoms with Crippen LogP contribution in [0.4, 0.5) is 11.4 Å². The van der Waals surface area contributed by atoms with Crippen molar-refractivity contribution in [2.75, 3.05) is 49.2 Å². The zero-order valence-corrected chi connectivity index (χ0v) is 19.0. The first kappa shape index (κ1) is 21.4. The first-order valence-corrected chi connectivity index (χ1v) is 11.4. The van der Waals surface area contributed by atoms with Crippen LogP contribution in [0, 0.1) is 13.8 Å². The lowest BCUT2D eigenvalue weighted by Gasteiger charge is -2.34. The third kappa shape index (κ3) is 5.08. The van der Waals surface area contributed by atoms with Gasteiger partial charge >= 0.3 is 0 Å². The van der Waals surface area contributed by atoms with E-state index in [4.69, 9.17) is 0 Å². The van der Waals surface area contributed by atoms with Crippen LogP contribution >= 0.6 is 11.8 Å². The minimum Gasteiger partial charge on any atom is -0.369 e. The largest absolute Gasteiger partial charge is 0.369 e. The summed E-state index contributed by atoms with van der Waals surface area (Å²) in [6.07, 6.45) is 0. The van der Waals surface area contributed by atoms with E-state index in [1.165, 1.54) is 17.4 Å². The highest BCUT2D eigenvalue weighted by Crippen LogP contribution is 2.25. The number of aryl methyl sites for hydroxylation is 2. The molecule has 4 rings (SSSR count). The monoisotopic (exact) mass is 436 g/mol. The number of nitrogens with one attached hydrogen (secondary N) is 1. The number of piperazine rings is 1. The molecule has 1 aromatic heterocycles. The number of amides is 1. The summed E-state index contributed by atoms with van der Waals surface area (Å²) in [5, 5.41) is 12.2. The molecule has 2 aromatic carbocycles. The predicted molar refractivity (Wildman–Crippen MR) is 126 cm³/mol. The van der Waals surface area contributed by atoms with Crippen LogP contribution in [-0.4, -0.2) is 64.6 Å². The van der Waals surface area contributed by atoms with Crippen LogP contribution in [0.25, 0.3) is 5.69 Å². The van der Waals surface area contributed by atoms with Gasteiger partial charge in [-0.1, -0.05) is 30.0 Å². The second-order valence-electron chi connectivity index (χ2n) is 7.83. The van der Waals surface area contributed by atoms with Gasteiger partial charge in [-0.25, -0.2) is 0 Å². The average molecular weight is 437 g/mol. The first-order chi connectivity index (χ1) is 15.0. The van der Waals surface area contributed by atoms with E-state index < -0.39 is 0 Å². The van der Waals surface area contributed by atoms with E-state index >= 15 is 0 Å². The molecule has 8 heteroatoms. The molecule has 1 saturated heterocycles. The summed E-state index contributed by atoms with van der Waals surface area (Å²) in [4.78, 5) is 17.3. The second-order valence-corrected chi connectivity index (χ2v) is 8.77. The molecule has 1 N–H and O–H groups in total. The van der Waals surface area contributed by atoms with Crippen LogP contribution in [0.3, 0.4) is 0 Å². The highest BCUT2D eigenvalue weighted by atomic mass is 32.2. The van der Waals surface area contributed by atoms with Gasteiger partial charge in [0, 0.05) is 43.2 Å². The van der Waals surface area contributed by atoms with Crippen molar-refractivity contribution in [3.63, 3.8) is 0 Å². The predicted octanol–water partition coefficient (Wildman–Crippen LogP) is 3.37. The van der Waals surface area contributed by atoms with Gasteiger partial charge in [0.05, 0.1) is 5.75 Å². The number of rotatable bonds is 6. The Morgan fingerprint density at radius 2 is 1.74 bits per heavy atom. The Hall–Kier alpha value is -2.84. The highest BCUT2D eigenvalue weighted by Gasteiger charge is 2.16. The summed E-state index contributed by atoms with van der Waals surface area (Å²) in [5.41, 5.74) is 4.12. The third-order valence-corrected chi connectivity index (χ3v) is 6.42. The fourth-order valence-electron chi connectivity index (χ4n) is 3.68. The van der Waals surface area contributed by atoms with Gasteiger partial charge in [-0.05, 0) is 56.8 Å². The van der Waals surface area contributed by atoms with Gasteiger partial charge in [-0.15, -0.1) is 10.2 Å². The maximum Gasteiger partial charge on any atom is 0.234 e. The third-order valence-electron chi connectivity index (χ3n) is 5.49. The van der Waals surface area contributed by atoms with E-state index in [2.05, 4.69) is 44.5 Å². The van der Waals surface area contributed by atoms with E-state index in [1.54, 1.807) is 0 Å². The number of para-hydroxylation sites is 1.